The lowest BCUT2D eigenvalue weighted by Crippen LogP contribution is -2.52. The van der Waals surface area contributed by atoms with E-state index in [9.17, 15) is 0 Å². The van der Waals surface area contributed by atoms with Crippen molar-refractivity contribution in [3.05, 3.63) is 0 Å². The lowest BCUT2D eigenvalue weighted by molar-refractivity contribution is -0.107. The summed E-state index contributed by atoms with van der Waals surface area (Å²) in [7, 11) is 0. The molecule has 86 valence electrons. The average Bonchev–Trinajstić information content (AvgIpc) is 2.74. The largest absolute Gasteiger partial charge is 0.372 e. The van der Waals surface area contributed by atoms with E-state index >= 15 is 0 Å². The van der Waals surface area contributed by atoms with Crippen molar-refractivity contribution in [3.63, 3.8) is 0 Å². The monoisotopic (exact) mass is 209 g/mol. The van der Waals surface area contributed by atoms with Crippen LogP contribution in [0.25, 0.3) is 0 Å². The number of morpholine rings is 1. The minimum Gasteiger partial charge on any atom is -0.372 e. The number of hydrogen-bond donors (Lipinski definition) is 1. The lowest BCUT2D eigenvalue weighted by atomic mass is 9.67. The molecule has 2 heteroatoms. The molecule has 1 saturated heterocycles. The third-order valence-corrected chi connectivity index (χ3v) is 5.02. The maximum absolute atomic E-state index is 6.05. The first-order valence-corrected chi connectivity index (χ1v) is 6.67. The molecule has 0 bridgehead atoms. The molecule has 0 aromatic heterocycles. The number of nitrogens with one attached hydrogen (secondary N) is 1. The highest BCUT2D eigenvalue weighted by Gasteiger charge is 2.44. The molecule has 0 aromatic carbocycles. The zero-order valence-electron chi connectivity index (χ0n) is 9.69. The van der Waals surface area contributed by atoms with E-state index in [1.165, 1.54) is 51.4 Å². The van der Waals surface area contributed by atoms with Gasteiger partial charge >= 0.3 is 0 Å². The molecule has 3 fully saturated rings. The van der Waals surface area contributed by atoms with Crippen LogP contribution in [0, 0.1) is 5.41 Å². The molecule has 0 unspecified atom stereocenters. The third kappa shape index (κ3) is 1.83. The second-order valence-electron chi connectivity index (χ2n) is 5.92. The van der Waals surface area contributed by atoms with Crippen molar-refractivity contribution in [3.8, 4) is 0 Å². The Kier molecular flexibility index (Phi) is 2.52. The van der Waals surface area contributed by atoms with E-state index in [4.69, 9.17) is 4.74 Å². The van der Waals surface area contributed by atoms with Crippen LogP contribution in [0.2, 0.25) is 0 Å². The summed E-state index contributed by atoms with van der Waals surface area (Å²) in [6.07, 6.45) is 11.4. The van der Waals surface area contributed by atoms with Gasteiger partial charge in [-0.1, -0.05) is 12.8 Å². The van der Waals surface area contributed by atoms with Crippen molar-refractivity contribution in [2.75, 3.05) is 19.7 Å². The predicted octanol–water partition coefficient (Wildman–Crippen LogP) is 2.48. The van der Waals surface area contributed by atoms with Crippen LogP contribution in [-0.2, 0) is 4.74 Å². The van der Waals surface area contributed by atoms with Crippen molar-refractivity contribution < 1.29 is 4.74 Å². The first-order valence-electron chi connectivity index (χ1n) is 6.67. The fraction of sp³-hybridized carbons (Fsp3) is 1.00. The lowest BCUT2D eigenvalue weighted by Gasteiger charge is -2.46. The van der Waals surface area contributed by atoms with E-state index in [1.807, 2.05) is 0 Å². The van der Waals surface area contributed by atoms with Crippen LogP contribution >= 0.6 is 0 Å². The van der Waals surface area contributed by atoms with Gasteiger partial charge in [0, 0.05) is 13.1 Å². The minimum atomic E-state index is 0.228. The Labute approximate surface area is 92.8 Å². The smallest absolute Gasteiger partial charge is 0.0807 e. The third-order valence-electron chi connectivity index (χ3n) is 5.02. The molecule has 0 atom stereocenters. The number of hydrogen-bond acceptors (Lipinski definition) is 2. The number of ether oxygens (including phenoxy) is 1. The second kappa shape index (κ2) is 3.74. The van der Waals surface area contributed by atoms with Gasteiger partial charge in [-0.15, -0.1) is 0 Å². The Balaban J connectivity index is 1.63. The maximum atomic E-state index is 6.05. The Morgan fingerprint density at radius 3 is 2.20 bits per heavy atom. The van der Waals surface area contributed by atoms with E-state index in [-0.39, 0.29) is 5.60 Å². The van der Waals surface area contributed by atoms with Gasteiger partial charge in [0.25, 0.3) is 0 Å². The van der Waals surface area contributed by atoms with Crippen LogP contribution in [0.4, 0.5) is 0 Å². The molecule has 0 aromatic rings. The van der Waals surface area contributed by atoms with Crippen LogP contribution in [0.1, 0.15) is 51.4 Å². The summed E-state index contributed by atoms with van der Waals surface area (Å²) >= 11 is 0. The first kappa shape index (κ1) is 10.1. The standard InChI is InChI=1S/C13H23NO/c1-2-4-12(3-1)5-7-13(8-6-12)11-14-9-10-15-13/h14H,1-11H2. The molecule has 1 N–H and O–H groups in total. The molecule has 0 radical (unpaired) electrons. The molecule has 2 spiro atoms. The van der Waals surface area contributed by atoms with E-state index in [1.54, 1.807) is 0 Å². The van der Waals surface area contributed by atoms with Gasteiger partial charge < -0.3 is 10.1 Å². The molecular weight excluding hydrogens is 186 g/mol. The Morgan fingerprint density at radius 1 is 0.867 bits per heavy atom. The van der Waals surface area contributed by atoms with Crippen molar-refractivity contribution >= 4 is 0 Å². The molecule has 1 heterocycles. The number of rotatable bonds is 0. The van der Waals surface area contributed by atoms with Gasteiger partial charge in [-0.2, -0.15) is 0 Å². The van der Waals surface area contributed by atoms with Crippen molar-refractivity contribution in [2.45, 2.75) is 57.0 Å². The molecule has 3 rings (SSSR count). The summed E-state index contributed by atoms with van der Waals surface area (Å²) in [6.45, 7) is 3.07. The van der Waals surface area contributed by atoms with Gasteiger partial charge in [0.05, 0.1) is 12.2 Å². The zero-order valence-corrected chi connectivity index (χ0v) is 9.69. The molecule has 2 nitrogen and oxygen atoms in total. The van der Waals surface area contributed by atoms with Gasteiger partial charge in [-0.25, -0.2) is 0 Å². The van der Waals surface area contributed by atoms with Crippen molar-refractivity contribution in [2.24, 2.45) is 5.41 Å². The Morgan fingerprint density at radius 2 is 1.60 bits per heavy atom. The second-order valence-corrected chi connectivity index (χ2v) is 5.92. The molecule has 15 heavy (non-hydrogen) atoms. The van der Waals surface area contributed by atoms with Crippen LogP contribution in [0.3, 0.4) is 0 Å². The fourth-order valence-electron chi connectivity index (χ4n) is 3.89. The normalized spacial score (nSPS) is 33.6. The zero-order chi connectivity index (χ0) is 10.2. The molecule has 3 aliphatic rings. The van der Waals surface area contributed by atoms with Crippen LogP contribution in [-0.4, -0.2) is 25.3 Å². The Hall–Kier alpha value is -0.0800. The highest BCUT2D eigenvalue weighted by molar-refractivity contribution is 4.98. The summed E-state index contributed by atoms with van der Waals surface area (Å²) in [5.41, 5.74) is 0.970. The van der Waals surface area contributed by atoms with E-state index in [0.29, 0.717) is 0 Å². The summed E-state index contributed by atoms with van der Waals surface area (Å²) in [5, 5.41) is 3.50. The minimum absolute atomic E-state index is 0.228. The quantitative estimate of drug-likeness (QED) is 0.662. The highest BCUT2D eigenvalue weighted by atomic mass is 16.5. The van der Waals surface area contributed by atoms with E-state index < -0.39 is 0 Å². The van der Waals surface area contributed by atoms with Gasteiger partial charge in [0.1, 0.15) is 0 Å². The summed E-state index contributed by atoms with van der Waals surface area (Å²) in [4.78, 5) is 0. The summed E-state index contributed by atoms with van der Waals surface area (Å²) in [6, 6.07) is 0. The van der Waals surface area contributed by atoms with Gasteiger partial charge in [0.15, 0.2) is 0 Å². The predicted molar refractivity (Wildman–Crippen MR) is 60.9 cm³/mol. The molecular formula is C13H23NO. The van der Waals surface area contributed by atoms with Crippen molar-refractivity contribution in [1.82, 2.24) is 5.32 Å². The molecule has 2 saturated carbocycles. The highest BCUT2D eigenvalue weighted by Crippen LogP contribution is 2.52. The van der Waals surface area contributed by atoms with Crippen LogP contribution < -0.4 is 5.32 Å². The maximum Gasteiger partial charge on any atom is 0.0807 e. The molecule has 1 aliphatic heterocycles. The van der Waals surface area contributed by atoms with Gasteiger partial charge in [-0.3, -0.25) is 0 Å². The van der Waals surface area contributed by atoms with Crippen molar-refractivity contribution in [1.29, 1.82) is 0 Å². The SMILES string of the molecule is C1CCC2(C1)CCC1(CC2)CNCCO1. The Bertz CT molecular complexity index is 215. The molecule has 0 amide bonds. The average molecular weight is 209 g/mol. The van der Waals surface area contributed by atoms with Crippen LogP contribution in [0.5, 0.6) is 0 Å². The molecule has 2 aliphatic carbocycles. The van der Waals surface area contributed by atoms with E-state index in [0.717, 1.165) is 25.1 Å². The fourth-order valence-corrected chi connectivity index (χ4v) is 3.89. The van der Waals surface area contributed by atoms with Gasteiger partial charge in [-0.05, 0) is 43.9 Å². The van der Waals surface area contributed by atoms with Crippen LogP contribution in [0.15, 0.2) is 0 Å². The summed E-state index contributed by atoms with van der Waals surface area (Å²) in [5.74, 6) is 0. The topological polar surface area (TPSA) is 21.3 Å². The first-order chi connectivity index (χ1) is 7.33. The van der Waals surface area contributed by atoms with Gasteiger partial charge in [0.2, 0.25) is 0 Å². The summed E-state index contributed by atoms with van der Waals surface area (Å²) < 4.78 is 6.05. The van der Waals surface area contributed by atoms with E-state index in [2.05, 4.69) is 5.32 Å².